The van der Waals surface area contributed by atoms with Crippen LogP contribution in [0, 0.1) is 12.7 Å². The predicted octanol–water partition coefficient (Wildman–Crippen LogP) is 3.27. The van der Waals surface area contributed by atoms with Crippen LogP contribution in [-0.4, -0.2) is 7.11 Å². The number of ether oxygens (including phenoxy) is 1. The van der Waals surface area contributed by atoms with E-state index < -0.39 is 0 Å². The molecule has 1 nitrogen and oxygen atoms in total. The van der Waals surface area contributed by atoms with E-state index in [1.54, 1.807) is 7.11 Å². The Morgan fingerprint density at radius 3 is 2.38 bits per heavy atom. The molecule has 0 amide bonds. The summed E-state index contributed by atoms with van der Waals surface area (Å²) in [6, 6.07) is 3.40. The highest BCUT2D eigenvalue weighted by molar-refractivity contribution is 5.40. The highest BCUT2D eigenvalue weighted by Gasteiger charge is 2.13. The van der Waals surface area contributed by atoms with Crippen LogP contribution in [0.5, 0.6) is 5.75 Å². The lowest BCUT2D eigenvalue weighted by molar-refractivity contribution is 0.401. The van der Waals surface area contributed by atoms with Crippen molar-refractivity contribution in [3.05, 3.63) is 29.1 Å². The number of aryl methyl sites for hydroxylation is 1. The molecular weight excluding hydrogens is 167 g/mol. The van der Waals surface area contributed by atoms with Gasteiger partial charge >= 0.3 is 0 Å². The zero-order valence-corrected chi connectivity index (χ0v) is 8.52. The predicted molar refractivity (Wildman–Crippen MR) is 51.8 cm³/mol. The highest BCUT2D eigenvalue weighted by Crippen LogP contribution is 2.29. The van der Waals surface area contributed by atoms with E-state index in [1.807, 2.05) is 26.8 Å². The first kappa shape index (κ1) is 10.0. The summed E-state index contributed by atoms with van der Waals surface area (Å²) in [5.41, 5.74) is 1.55. The number of rotatable bonds is 2. The molecule has 0 atom stereocenters. The maximum Gasteiger partial charge on any atom is 0.130 e. The van der Waals surface area contributed by atoms with Gasteiger partial charge in [0.1, 0.15) is 11.6 Å². The fourth-order valence-corrected chi connectivity index (χ4v) is 1.45. The van der Waals surface area contributed by atoms with Gasteiger partial charge in [0.15, 0.2) is 0 Å². The Labute approximate surface area is 78.5 Å². The molecule has 1 aromatic rings. The second-order valence-corrected chi connectivity index (χ2v) is 3.52. The Morgan fingerprint density at radius 2 is 1.92 bits per heavy atom. The van der Waals surface area contributed by atoms with Gasteiger partial charge in [-0.2, -0.15) is 0 Å². The van der Waals surface area contributed by atoms with Crippen LogP contribution in [0.15, 0.2) is 12.1 Å². The van der Waals surface area contributed by atoms with Gasteiger partial charge in [0, 0.05) is 5.56 Å². The summed E-state index contributed by atoms with van der Waals surface area (Å²) in [5, 5.41) is 0. The maximum absolute atomic E-state index is 13.5. The van der Waals surface area contributed by atoms with Crippen molar-refractivity contribution >= 4 is 0 Å². The minimum absolute atomic E-state index is 0.149. The number of benzene rings is 1. The second kappa shape index (κ2) is 3.77. The Balaban J connectivity index is 3.30. The monoisotopic (exact) mass is 182 g/mol. The molecule has 0 aromatic heterocycles. The molecule has 0 aliphatic heterocycles. The third kappa shape index (κ3) is 2.00. The summed E-state index contributed by atoms with van der Waals surface area (Å²) in [6.07, 6.45) is 0. The minimum atomic E-state index is -0.174. The van der Waals surface area contributed by atoms with Gasteiger partial charge in [-0.15, -0.1) is 0 Å². The molecule has 0 aliphatic rings. The Hall–Kier alpha value is -1.05. The SMILES string of the molecule is COc1cc(C)cc(F)c1C(C)C. The molecule has 0 radical (unpaired) electrons. The fraction of sp³-hybridized carbons (Fsp3) is 0.455. The first-order chi connectivity index (χ1) is 6.06. The van der Waals surface area contributed by atoms with Crippen LogP contribution in [0.25, 0.3) is 0 Å². The average molecular weight is 182 g/mol. The minimum Gasteiger partial charge on any atom is -0.496 e. The van der Waals surface area contributed by atoms with Crippen molar-refractivity contribution in [1.29, 1.82) is 0 Å². The standard InChI is InChI=1S/C11H15FO/c1-7(2)11-9(12)5-8(3)6-10(11)13-4/h5-7H,1-4H3. The molecule has 0 fully saturated rings. The Kier molecular flexibility index (Phi) is 2.91. The summed E-state index contributed by atoms with van der Waals surface area (Å²) in [5.74, 6) is 0.620. The van der Waals surface area contributed by atoms with Gasteiger partial charge in [-0.3, -0.25) is 0 Å². The van der Waals surface area contributed by atoms with Crippen LogP contribution in [0.1, 0.15) is 30.9 Å². The Bertz CT molecular complexity index is 305. The maximum atomic E-state index is 13.5. The van der Waals surface area contributed by atoms with Gasteiger partial charge < -0.3 is 4.74 Å². The molecule has 0 saturated carbocycles. The summed E-state index contributed by atoms with van der Waals surface area (Å²) in [6.45, 7) is 5.77. The molecular formula is C11H15FO. The highest BCUT2D eigenvalue weighted by atomic mass is 19.1. The normalized spacial score (nSPS) is 10.6. The van der Waals surface area contributed by atoms with E-state index in [9.17, 15) is 4.39 Å². The summed E-state index contributed by atoms with van der Waals surface area (Å²) < 4.78 is 18.6. The molecule has 0 unspecified atom stereocenters. The lowest BCUT2D eigenvalue weighted by Gasteiger charge is -2.13. The largest absolute Gasteiger partial charge is 0.496 e. The summed E-state index contributed by atoms with van der Waals surface area (Å²) in [7, 11) is 1.57. The van der Waals surface area contributed by atoms with Crippen LogP contribution in [0.3, 0.4) is 0 Å². The molecule has 72 valence electrons. The van der Waals surface area contributed by atoms with E-state index in [0.29, 0.717) is 11.3 Å². The smallest absolute Gasteiger partial charge is 0.130 e. The number of methoxy groups -OCH3 is 1. The Morgan fingerprint density at radius 1 is 1.31 bits per heavy atom. The molecule has 0 bridgehead atoms. The molecule has 2 heteroatoms. The number of hydrogen-bond acceptors (Lipinski definition) is 1. The van der Waals surface area contributed by atoms with Crippen molar-refractivity contribution < 1.29 is 9.13 Å². The van der Waals surface area contributed by atoms with Gasteiger partial charge in [0.05, 0.1) is 7.11 Å². The lowest BCUT2D eigenvalue weighted by Crippen LogP contribution is -1.99. The molecule has 0 aliphatic carbocycles. The van der Waals surface area contributed by atoms with E-state index >= 15 is 0 Å². The third-order valence-corrected chi connectivity index (χ3v) is 2.03. The molecule has 1 aromatic carbocycles. The molecule has 0 N–H and O–H groups in total. The van der Waals surface area contributed by atoms with E-state index in [1.165, 1.54) is 6.07 Å². The van der Waals surface area contributed by atoms with E-state index in [2.05, 4.69) is 0 Å². The molecule has 13 heavy (non-hydrogen) atoms. The van der Waals surface area contributed by atoms with Crippen LogP contribution in [0.2, 0.25) is 0 Å². The number of hydrogen-bond donors (Lipinski definition) is 0. The quantitative estimate of drug-likeness (QED) is 0.682. The van der Waals surface area contributed by atoms with Crippen LogP contribution in [-0.2, 0) is 0 Å². The van der Waals surface area contributed by atoms with Crippen molar-refractivity contribution in [3.8, 4) is 5.75 Å². The average Bonchev–Trinajstić information content (AvgIpc) is 2.01. The van der Waals surface area contributed by atoms with Gasteiger partial charge in [0.25, 0.3) is 0 Å². The lowest BCUT2D eigenvalue weighted by atomic mass is 10.00. The molecule has 0 spiro atoms. The second-order valence-electron chi connectivity index (χ2n) is 3.52. The molecule has 0 saturated heterocycles. The van der Waals surface area contributed by atoms with E-state index in [0.717, 1.165) is 5.56 Å². The first-order valence-corrected chi connectivity index (χ1v) is 4.40. The third-order valence-electron chi connectivity index (χ3n) is 2.03. The van der Waals surface area contributed by atoms with E-state index in [-0.39, 0.29) is 11.7 Å². The van der Waals surface area contributed by atoms with E-state index in [4.69, 9.17) is 4.74 Å². The fourth-order valence-electron chi connectivity index (χ4n) is 1.45. The van der Waals surface area contributed by atoms with Crippen molar-refractivity contribution in [1.82, 2.24) is 0 Å². The summed E-state index contributed by atoms with van der Waals surface area (Å²) >= 11 is 0. The van der Waals surface area contributed by atoms with Crippen molar-refractivity contribution in [2.24, 2.45) is 0 Å². The topological polar surface area (TPSA) is 9.23 Å². The molecule has 0 heterocycles. The zero-order chi connectivity index (χ0) is 10.0. The van der Waals surface area contributed by atoms with Crippen LogP contribution < -0.4 is 4.74 Å². The van der Waals surface area contributed by atoms with Crippen molar-refractivity contribution in [2.75, 3.05) is 7.11 Å². The van der Waals surface area contributed by atoms with Gasteiger partial charge in [0.2, 0.25) is 0 Å². The summed E-state index contributed by atoms with van der Waals surface area (Å²) in [4.78, 5) is 0. The van der Waals surface area contributed by atoms with Crippen molar-refractivity contribution in [2.45, 2.75) is 26.7 Å². The van der Waals surface area contributed by atoms with Gasteiger partial charge in [-0.1, -0.05) is 13.8 Å². The van der Waals surface area contributed by atoms with Crippen LogP contribution in [0.4, 0.5) is 4.39 Å². The molecule has 1 rings (SSSR count). The van der Waals surface area contributed by atoms with Crippen molar-refractivity contribution in [3.63, 3.8) is 0 Å². The zero-order valence-electron chi connectivity index (χ0n) is 8.52. The van der Waals surface area contributed by atoms with Gasteiger partial charge in [-0.05, 0) is 30.5 Å². The van der Waals surface area contributed by atoms with Crippen LogP contribution >= 0.6 is 0 Å². The van der Waals surface area contributed by atoms with Gasteiger partial charge in [-0.25, -0.2) is 4.39 Å². The first-order valence-electron chi connectivity index (χ1n) is 4.40. The number of halogens is 1.